The summed E-state index contributed by atoms with van der Waals surface area (Å²) in [5, 5.41) is 7.58. The van der Waals surface area contributed by atoms with Gasteiger partial charge in [0.2, 0.25) is 0 Å². The van der Waals surface area contributed by atoms with Gasteiger partial charge in [-0.1, -0.05) is 0 Å². The van der Waals surface area contributed by atoms with E-state index in [2.05, 4.69) is 10.2 Å². The molecule has 2 saturated carbocycles. The average Bonchev–Trinajstić information content (AvgIpc) is 3.02. The Morgan fingerprint density at radius 3 is 2.46 bits per heavy atom. The smallest absolute Gasteiger partial charge is 0.0700 e. The minimum absolute atomic E-state index is 0.661. The minimum atomic E-state index is 0.661. The molecule has 2 fully saturated rings. The van der Waals surface area contributed by atoms with Crippen molar-refractivity contribution >= 4 is 0 Å². The third-order valence-corrected chi connectivity index (χ3v) is 3.08. The zero-order valence-electron chi connectivity index (χ0n) is 7.71. The van der Waals surface area contributed by atoms with Crippen molar-refractivity contribution < 1.29 is 0 Å². The lowest BCUT2D eigenvalue weighted by molar-refractivity contribution is 0.926. The molecule has 1 aromatic heterocycles. The maximum atomic E-state index is 5.77. The molecule has 0 amide bonds. The Morgan fingerprint density at radius 1 is 1.23 bits per heavy atom. The van der Waals surface area contributed by atoms with E-state index in [-0.39, 0.29) is 0 Å². The Kier molecular flexibility index (Phi) is 1.50. The van der Waals surface area contributed by atoms with Gasteiger partial charge in [-0.2, -0.15) is 5.10 Å². The molecule has 3 rings (SSSR count). The second-order valence-corrected chi connectivity index (χ2v) is 4.25. The van der Waals surface area contributed by atoms with Gasteiger partial charge < -0.3 is 5.73 Å². The lowest BCUT2D eigenvalue weighted by Gasteiger charge is -1.99. The summed E-state index contributed by atoms with van der Waals surface area (Å²) in [7, 11) is 0. The molecule has 0 radical (unpaired) electrons. The fourth-order valence-electron chi connectivity index (χ4n) is 2.01. The Morgan fingerprint density at radius 2 is 1.92 bits per heavy atom. The quantitative estimate of drug-likeness (QED) is 0.737. The summed E-state index contributed by atoms with van der Waals surface area (Å²) in [6, 6.07) is 0. The normalized spacial score (nSPS) is 22.2. The highest BCUT2D eigenvalue weighted by Crippen LogP contribution is 2.46. The number of H-pyrrole nitrogens is 1. The van der Waals surface area contributed by atoms with E-state index in [9.17, 15) is 0 Å². The van der Waals surface area contributed by atoms with E-state index in [1.54, 1.807) is 0 Å². The van der Waals surface area contributed by atoms with Crippen molar-refractivity contribution in [2.75, 3.05) is 0 Å². The van der Waals surface area contributed by atoms with E-state index in [0.717, 1.165) is 11.8 Å². The predicted molar refractivity (Wildman–Crippen MR) is 50.4 cm³/mol. The van der Waals surface area contributed by atoms with Crippen LogP contribution in [0.1, 0.15) is 54.5 Å². The zero-order valence-corrected chi connectivity index (χ0v) is 7.71. The van der Waals surface area contributed by atoms with Crippen LogP contribution >= 0.6 is 0 Å². The zero-order chi connectivity index (χ0) is 8.84. The molecular weight excluding hydrogens is 162 g/mol. The first-order chi connectivity index (χ1) is 6.40. The third-order valence-electron chi connectivity index (χ3n) is 3.08. The number of nitrogens with two attached hydrogens (primary N) is 1. The largest absolute Gasteiger partial charge is 0.326 e. The Balaban J connectivity index is 1.99. The molecule has 0 aromatic carbocycles. The van der Waals surface area contributed by atoms with Crippen molar-refractivity contribution in [1.29, 1.82) is 0 Å². The van der Waals surface area contributed by atoms with Gasteiger partial charge in [-0.05, 0) is 25.7 Å². The van der Waals surface area contributed by atoms with Gasteiger partial charge in [0.25, 0.3) is 0 Å². The summed E-state index contributed by atoms with van der Waals surface area (Å²) in [6.45, 7) is 0.661. The van der Waals surface area contributed by atoms with E-state index in [0.29, 0.717) is 6.54 Å². The van der Waals surface area contributed by atoms with Crippen molar-refractivity contribution in [2.45, 2.75) is 44.1 Å². The van der Waals surface area contributed by atoms with Gasteiger partial charge in [0.05, 0.1) is 5.69 Å². The van der Waals surface area contributed by atoms with Gasteiger partial charge in [-0.3, -0.25) is 5.10 Å². The minimum Gasteiger partial charge on any atom is -0.326 e. The number of aromatic nitrogens is 2. The third kappa shape index (κ3) is 1.18. The van der Waals surface area contributed by atoms with Crippen LogP contribution in [0, 0.1) is 0 Å². The Labute approximate surface area is 77.7 Å². The number of nitrogens with one attached hydrogen (secondary N) is 1. The highest BCUT2D eigenvalue weighted by Gasteiger charge is 2.34. The topological polar surface area (TPSA) is 54.7 Å². The van der Waals surface area contributed by atoms with Crippen LogP contribution in [0.5, 0.6) is 0 Å². The molecule has 13 heavy (non-hydrogen) atoms. The molecule has 0 saturated heterocycles. The van der Waals surface area contributed by atoms with Crippen molar-refractivity contribution in [3.8, 4) is 0 Å². The van der Waals surface area contributed by atoms with E-state index >= 15 is 0 Å². The fourth-order valence-corrected chi connectivity index (χ4v) is 2.01. The molecule has 0 unspecified atom stereocenters. The monoisotopic (exact) mass is 177 g/mol. The van der Waals surface area contributed by atoms with Crippen LogP contribution in [-0.4, -0.2) is 10.2 Å². The predicted octanol–water partition coefficient (Wildman–Crippen LogP) is 1.62. The summed E-state index contributed by atoms with van der Waals surface area (Å²) in [5.41, 5.74) is 9.70. The van der Waals surface area contributed by atoms with E-state index in [1.807, 2.05) is 0 Å². The molecule has 70 valence electrons. The number of hydrogen-bond acceptors (Lipinski definition) is 2. The van der Waals surface area contributed by atoms with Gasteiger partial charge in [-0.15, -0.1) is 0 Å². The number of hydrogen-bond donors (Lipinski definition) is 2. The summed E-state index contributed by atoms with van der Waals surface area (Å²) in [5.74, 6) is 1.47. The molecule has 2 aliphatic carbocycles. The molecule has 0 atom stereocenters. The van der Waals surface area contributed by atoms with Crippen LogP contribution in [0.15, 0.2) is 0 Å². The molecule has 3 N–H and O–H groups in total. The first-order valence-electron chi connectivity index (χ1n) is 5.17. The molecule has 0 aliphatic heterocycles. The molecule has 3 nitrogen and oxygen atoms in total. The molecule has 0 bridgehead atoms. The summed E-state index contributed by atoms with van der Waals surface area (Å²) < 4.78 is 0. The Bertz CT molecular complexity index is 291. The van der Waals surface area contributed by atoms with Crippen molar-refractivity contribution in [2.24, 2.45) is 5.73 Å². The summed E-state index contributed by atoms with van der Waals surface area (Å²) >= 11 is 0. The lowest BCUT2D eigenvalue weighted by atomic mass is 10.1. The second kappa shape index (κ2) is 2.58. The fraction of sp³-hybridized carbons (Fsp3) is 0.700. The van der Waals surface area contributed by atoms with Gasteiger partial charge >= 0.3 is 0 Å². The highest BCUT2D eigenvalue weighted by atomic mass is 15.1. The summed E-state index contributed by atoms with van der Waals surface area (Å²) in [4.78, 5) is 0. The number of aromatic amines is 1. The maximum Gasteiger partial charge on any atom is 0.0700 e. The number of nitrogens with zero attached hydrogens (tertiary/aromatic N) is 1. The molecular formula is C10H15N3. The molecule has 1 heterocycles. The van der Waals surface area contributed by atoms with Crippen LogP contribution in [0.2, 0.25) is 0 Å². The first-order valence-corrected chi connectivity index (χ1v) is 5.17. The average molecular weight is 177 g/mol. The second-order valence-electron chi connectivity index (χ2n) is 4.25. The van der Waals surface area contributed by atoms with Gasteiger partial charge in [0, 0.05) is 29.6 Å². The first kappa shape index (κ1) is 7.56. The molecule has 1 aromatic rings. The lowest BCUT2D eigenvalue weighted by Crippen LogP contribution is -2.01. The Hall–Kier alpha value is -0.830. The summed E-state index contributed by atoms with van der Waals surface area (Å²) in [6.07, 6.45) is 5.25. The molecule has 3 heteroatoms. The SMILES string of the molecule is NCc1c(C2CC2)n[nH]c1C1CC1. The van der Waals surface area contributed by atoms with Gasteiger partial charge in [-0.25, -0.2) is 0 Å². The van der Waals surface area contributed by atoms with Crippen LogP contribution in [0.4, 0.5) is 0 Å². The van der Waals surface area contributed by atoms with Gasteiger partial charge in [0.15, 0.2) is 0 Å². The van der Waals surface area contributed by atoms with E-state index < -0.39 is 0 Å². The highest BCUT2D eigenvalue weighted by molar-refractivity contribution is 5.34. The van der Waals surface area contributed by atoms with E-state index in [4.69, 9.17) is 5.73 Å². The van der Waals surface area contributed by atoms with E-state index in [1.165, 1.54) is 42.6 Å². The maximum absolute atomic E-state index is 5.77. The van der Waals surface area contributed by atoms with Crippen molar-refractivity contribution in [3.63, 3.8) is 0 Å². The standard InChI is InChI=1S/C10H15N3/c11-5-8-9(6-1-2-6)12-13-10(8)7-3-4-7/h6-7H,1-5,11H2,(H,12,13). The molecule has 0 spiro atoms. The van der Waals surface area contributed by atoms with Crippen molar-refractivity contribution in [1.82, 2.24) is 10.2 Å². The van der Waals surface area contributed by atoms with Gasteiger partial charge in [0.1, 0.15) is 0 Å². The number of rotatable bonds is 3. The molecule has 2 aliphatic rings. The van der Waals surface area contributed by atoms with Crippen molar-refractivity contribution in [3.05, 3.63) is 17.0 Å². The van der Waals surface area contributed by atoms with Crippen LogP contribution in [-0.2, 0) is 6.54 Å². The van der Waals surface area contributed by atoms with Crippen LogP contribution in [0.3, 0.4) is 0 Å². The van der Waals surface area contributed by atoms with Crippen LogP contribution in [0.25, 0.3) is 0 Å². The van der Waals surface area contributed by atoms with Crippen LogP contribution < -0.4 is 5.73 Å².